The first-order valence-electron chi connectivity index (χ1n) is 6.49. The Morgan fingerprint density at radius 2 is 2.38 bits per heavy atom. The lowest BCUT2D eigenvalue weighted by atomic mass is 10.2. The third-order valence-corrected chi connectivity index (χ3v) is 3.48. The van der Waals surface area contributed by atoms with Gasteiger partial charge in [-0.2, -0.15) is 0 Å². The minimum Gasteiger partial charge on any atom is -0.476 e. The van der Waals surface area contributed by atoms with Crippen molar-refractivity contribution in [3.05, 3.63) is 18.2 Å². The molecule has 0 aliphatic carbocycles. The zero-order valence-corrected chi connectivity index (χ0v) is 11.4. The van der Waals surface area contributed by atoms with Crippen LogP contribution < -0.4 is 5.32 Å². The van der Waals surface area contributed by atoms with Crippen molar-refractivity contribution in [3.63, 3.8) is 0 Å². The number of aromatic carboxylic acids is 1. The molecule has 0 saturated carbocycles. The lowest BCUT2D eigenvalue weighted by Gasteiger charge is -2.12. The molecule has 9 nitrogen and oxygen atoms in total. The van der Waals surface area contributed by atoms with Crippen LogP contribution in [-0.2, 0) is 18.4 Å². The van der Waals surface area contributed by atoms with Gasteiger partial charge in [0.05, 0.1) is 24.8 Å². The molecule has 2 aromatic rings. The fourth-order valence-electron chi connectivity index (χ4n) is 2.45. The molecule has 1 unspecified atom stereocenters. The highest BCUT2D eigenvalue weighted by molar-refractivity contribution is 5.92. The van der Waals surface area contributed by atoms with E-state index in [0.717, 1.165) is 0 Å². The van der Waals surface area contributed by atoms with Crippen molar-refractivity contribution in [2.75, 3.05) is 0 Å². The summed E-state index contributed by atoms with van der Waals surface area (Å²) in [6, 6.07) is -0.0622. The number of amides is 1. The van der Waals surface area contributed by atoms with Crippen LogP contribution in [0.4, 0.5) is 0 Å². The molecule has 3 rings (SSSR count). The fourth-order valence-corrected chi connectivity index (χ4v) is 2.45. The van der Waals surface area contributed by atoms with Crippen LogP contribution in [0.15, 0.2) is 12.5 Å². The number of aryl methyl sites for hydroxylation is 1. The largest absolute Gasteiger partial charge is 0.476 e. The van der Waals surface area contributed by atoms with E-state index in [4.69, 9.17) is 0 Å². The van der Waals surface area contributed by atoms with E-state index in [-0.39, 0.29) is 17.6 Å². The molecule has 21 heavy (non-hydrogen) atoms. The van der Waals surface area contributed by atoms with Crippen LogP contribution in [-0.4, -0.2) is 47.6 Å². The summed E-state index contributed by atoms with van der Waals surface area (Å²) in [6.45, 7) is 0.381. The summed E-state index contributed by atoms with van der Waals surface area (Å²) in [5.74, 6) is -1.14. The summed E-state index contributed by atoms with van der Waals surface area (Å²) in [5, 5.41) is 19.7. The molecule has 0 spiro atoms. The Morgan fingerprint density at radius 3 is 2.95 bits per heavy atom. The molecule has 1 saturated heterocycles. The third kappa shape index (κ3) is 2.37. The number of aromatic nitrogens is 5. The lowest BCUT2D eigenvalue weighted by Crippen LogP contribution is -2.30. The van der Waals surface area contributed by atoms with Crippen LogP contribution >= 0.6 is 0 Å². The SMILES string of the molecule is Cn1cncc1-c1c(C(=O)O)nnn1CC1CCC(=O)N1. The second kappa shape index (κ2) is 5.00. The summed E-state index contributed by atoms with van der Waals surface area (Å²) in [5.41, 5.74) is 0.883. The minimum absolute atomic E-state index is 0.000608. The summed E-state index contributed by atoms with van der Waals surface area (Å²) in [4.78, 5) is 26.6. The topological polar surface area (TPSA) is 115 Å². The van der Waals surface area contributed by atoms with Crippen molar-refractivity contribution < 1.29 is 14.7 Å². The van der Waals surface area contributed by atoms with E-state index in [1.54, 1.807) is 24.1 Å². The number of carbonyl (C=O) groups is 2. The molecular formula is C12H14N6O3. The van der Waals surface area contributed by atoms with Crippen molar-refractivity contribution in [2.24, 2.45) is 7.05 Å². The highest BCUT2D eigenvalue weighted by Crippen LogP contribution is 2.22. The second-order valence-corrected chi connectivity index (χ2v) is 4.97. The molecule has 0 bridgehead atoms. The normalized spacial score (nSPS) is 18.0. The maximum absolute atomic E-state index is 11.3. The van der Waals surface area contributed by atoms with Gasteiger partial charge in [0.15, 0.2) is 5.69 Å². The Bertz CT molecular complexity index is 704. The molecule has 1 atom stereocenters. The number of hydrogen-bond donors (Lipinski definition) is 2. The monoisotopic (exact) mass is 290 g/mol. The molecule has 2 N–H and O–H groups in total. The zero-order chi connectivity index (χ0) is 15.0. The van der Waals surface area contributed by atoms with Crippen LogP contribution in [0.2, 0.25) is 0 Å². The van der Waals surface area contributed by atoms with E-state index < -0.39 is 5.97 Å². The molecule has 1 aliphatic rings. The van der Waals surface area contributed by atoms with Gasteiger partial charge in [-0.25, -0.2) is 14.5 Å². The minimum atomic E-state index is -1.15. The van der Waals surface area contributed by atoms with Crippen molar-refractivity contribution in [3.8, 4) is 11.4 Å². The van der Waals surface area contributed by atoms with Gasteiger partial charge in [0, 0.05) is 19.5 Å². The van der Waals surface area contributed by atoms with Crippen LogP contribution in [0.25, 0.3) is 11.4 Å². The van der Waals surface area contributed by atoms with Gasteiger partial charge in [0.1, 0.15) is 5.69 Å². The fraction of sp³-hybridized carbons (Fsp3) is 0.417. The Kier molecular flexibility index (Phi) is 3.16. The maximum Gasteiger partial charge on any atom is 0.358 e. The van der Waals surface area contributed by atoms with E-state index in [1.165, 1.54) is 4.68 Å². The first-order valence-corrected chi connectivity index (χ1v) is 6.49. The molecule has 0 radical (unpaired) electrons. The van der Waals surface area contributed by atoms with Crippen LogP contribution in [0.1, 0.15) is 23.3 Å². The number of imidazole rings is 1. The second-order valence-electron chi connectivity index (χ2n) is 4.97. The molecule has 1 amide bonds. The highest BCUT2D eigenvalue weighted by atomic mass is 16.4. The number of carboxylic acid groups (broad SMARTS) is 1. The van der Waals surface area contributed by atoms with Crippen molar-refractivity contribution in [2.45, 2.75) is 25.4 Å². The Hall–Kier alpha value is -2.71. The number of rotatable bonds is 4. The highest BCUT2D eigenvalue weighted by Gasteiger charge is 2.27. The Labute approximate surface area is 119 Å². The molecule has 1 aliphatic heterocycles. The standard InChI is InChI=1S/C12H14N6O3/c1-17-6-13-4-8(17)11-10(12(20)21)15-16-18(11)5-7-2-3-9(19)14-7/h4,6-7H,2-3,5H2,1H3,(H,14,19)(H,20,21). The van der Waals surface area contributed by atoms with Crippen molar-refractivity contribution in [1.82, 2.24) is 29.9 Å². The van der Waals surface area contributed by atoms with Crippen LogP contribution in [0.3, 0.4) is 0 Å². The average Bonchev–Trinajstić information content (AvgIpc) is 3.11. The molecular weight excluding hydrogens is 276 g/mol. The van der Waals surface area contributed by atoms with Gasteiger partial charge in [-0.15, -0.1) is 5.10 Å². The number of carbonyl (C=O) groups excluding carboxylic acids is 1. The van der Waals surface area contributed by atoms with Gasteiger partial charge in [0.25, 0.3) is 0 Å². The van der Waals surface area contributed by atoms with Gasteiger partial charge in [-0.05, 0) is 6.42 Å². The van der Waals surface area contributed by atoms with Crippen molar-refractivity contribution in [1.29, 1.82) is 0 Å². The lowest BCUT2D eigenvalue weighted by molar-refractivity contribution is -0.119. The number of hydrogen-bond acceptors (Lipinski definition) is 5. The Morgan fingerprint density at radius 1 is 1.57 bits per heavy atom. The molecule has 110 valence electrons. The van der Waals surface area contributed by atoms with E-state index in [0.29, 0.717) is 30.8 Å². The van der Waals surface area contributed by atoms with E-state index >= 15 is 0 Å². The first-order chi connectivity index (χ1) is 10.1. The molecule has 2 aromatic heterocycles. The quantitative estimate of drug-likeness (QED) is 0.795. The van der Waals surface area contributed by atoms with E-state index in [2.05, 4.69) is 20.6 Å². The molecule has 3 heterocycles. The molecule has 1 fully saturated rings. The summed E-state index contributed by atoms with van der Waals surface area (Å²) in [7, 11) is 1.77. The molecule has 9 heteroatoms. The van der Waals surface area contributed by atoms with E-state index in [1.807, 2.05) is 0 Å². The number of nitrogens with one attached hydrogen (secondary N) is 1. The van der Waals surface area contributed by atoms with Crippen molar-refractivity contribution >= 4 is 11.9 Å². The van der Waals surface area contributed by atoms with E-state index in [9.17, 15) is 14.7 Å². The summed E-state index contributed by atoms with van der Waals surface area (Å²) < 4.78 is 3.21. The summed E-state index contributed by atoms with van der Waals surface area (Å²) >= 11 is 0. The first kappa shape index (κ1) is 13.3. The average molecular weight is 290 g/mol. The number of carboxylic acids is 1. The third-order valence-electron chi connectivity index (χ3n) is 3.48. The van der Waals surface area contributed by atoms with Gasteiger partial charge in [-0.1, -0.05) is 5.21 Å². The maximum atomic E-state index is 11.3. The summed E-state index contributed by atoms with van der Waals surface area (Å²) in [6.07, 6.45) is 4.32. The molecule has 0 aromatic carbocycles. The van der Waals surface area contributed by atoms with Gasteiger partial charge in [-0.3, -0.25) is 4.79 Å². The Balaban J connectivity index is 1.99. The van der Waals surface area contributed by atoms with Gasteiger partial charge < -0.3 is 15.0 Å². The predicted octanol–water partition coefficient (Wildman–Crippen LogP) is -0.345. The smallest absolute Gasteiger partial charge is 0.358 e. The van der Waals surface area contributed by atoms with Crippen LogP contribution in [0.5, 0.6) is 0 Å². The van der Waals surface area contributed by atoms with Crippen LogP contribution in [0, 0.1) is 0 Å². The van der Waals surface area contributed by atoms with Gasteiger partial charge >= 0.3 is 5.97 Å². The number of nitrogens with zero attached hydrogens (tertiary/aromatic N) is 5. The zero-order valence-electron chi connectivity index (χ0n) is 11.4. The predicted molar refractivity (Wildman–Crippen MR) is 70.3 cm³/mol. The van der Waals surface area contributed by atoms with Gasteiger partial charge in [0.2, 0.25) is 5.91 Å².